The number of nitrogens with one attached hydrogen (secondary N) is 1. The third-order valence-corrected chi connectivity index (χ3v) is 8.98. The van der Waals surface area contributed by atoms with Crippen LogP contribution >= 0.6 is 23.2 Å². The molecule has 11 heteroatoms. The Morgan fingerprint density at radius 3 is 2.15 bits per heavy atom. The van der Waals surface area contributed by atoms with Crippen molar-refractivity contribution < 1.29 is 22.4 Å². The predicted octanol–water partition coefficient (Wildman–Crippen LogP) is 6.05. The number of para-hydroxylation sites is 1. The van der Waals surface area contributed by atoms with Crippen molar-refractivity contribution in [3.05, 3.63) is 94.2 Å². The van der Waals surface area contributed by atoms with Crippen LogP contribution in [0.25, 0.3) is 0 Å². The van der Waals surface area contributed by atoms with Gasteiger partial charge in [0.15, 0.2) is 0 Å². The fourth-order valence-corrected chi connectivity index (χ4v) is 5.79. The molecule has 0 aromatic heterocycles. The van der Waals surface area contributed by atoms with E-state index >= 15 is 0 Å². The number of rotatable bonds is 12. The molecule has 3 aromatic carbocycles. The first-order valence-electron chi connectivity index (χ1n) is 12.8. The fourth-order valence-electron chi connectivity index (χ4n) is 4.05. The molecule has 3 aromatic rings. The second kappa shape index (κ2) is 14.0. The molecule has 2 amide bonds. The summed E-state index contributed by atoms with van der Waals surface area (Å²) in [4.78, 5) is 28.5. The van der Waals surface area contributed by atoms with Crippen LogP contribution in [0.5, 0.6) is 0 Å². The van der Waals surface area contributed by atoms with E-state index in [0.29, 0.717) is 17.0 Å². The average molecular weight is 609 g/mol. The summed E-state index contributed by atoms with van der Waals surface area (Å²) < 4.78 is 42.0. The standard InChI is InChI=1S/C29H32Cl2FN3O4S/c1-4-20(3)33-29(37)27(5-2)34(18-21-11-16-25(30)26(31)17-21)28(36)19-35(23-9-7-6-8-10-23)40(38,39)24-14-12-22(32)13-15-24/h6-17,20,27H,4-5,18-19H2,1-3H3,(H,33,37)/t20-,27-/m1/s1. The highest BCUT2D eigenvalue weighted by Crippen LogP contribution is 2.26. The first kappa shape index (κ1) is 31.4. The monoisotopic (exact) mass is 607 g/mol. The molecule has 0 heterocycles. The van der Waals surface area contributed by atoms with E-state index in [1.165, 1.54) is 4.90 Å². The molecule has 0 aliphatic rings. The molecule has 214 valence electrons. The molecule has 0 aliphatic carbocycles. The molecule has 0 unspecified atom stereocenters. The Labute approximate surface area is 244 Å². The van der Waals surface area contributed by atoms with Gasteiger partial charge in [0.1, 0.15) is 18.4 Å². The Morgan fingerprint density at radius 2 is 1.57 bits per heavy atom. The molecule has 0 aliphatic heterocycles. The van der Waals surface area contributed by atoms with Crippen molar-refractivity contribution in [1.82, 2.24) is 10.2 Å². The van der Waals surface area contributed by atoms with Crippen molar-refractivity contribution in [2.75, 3.05) is 10.8 Å². The Morgan fingerprint density at radius 1 is 0.925 bits per heavy atom. The fraction of sp³-hybridized carbons (Fsp3) is 0.310. The maximum absolute atomic E-state index is 14.0. The molecule has 0 bridgehead atoms. The van der Waals surface area contributed by atoms with Gasteiger partial charge in [-0.25, -0.2) is 12.8 Å². The first-order valence-corrected chi connectivity index (χ1v) is 15.0. The summed E-state index contributed by atoms with van der Waals surface area (Å²) in [5, 5.41) is 3.55. The summed E-state index contributed by atoms with van der Waals surface area (Å²) in [6.45, 7) is 4.96. The molecule has 2 atom stereocenters. The Bertz CT molecular complexity index is 1420. The van der Waals surface area contributed by atoms with Gasteiger partial charge in [0.05, 0.1) is 20.6 Å². The molecule has 0 saturated carbocycles. The highest BCUT2D eigenvalue weighted by Gasteiger charge is 2.34. The second-order valence-corrected chi connectivity index (χ2v) is 12.0. The van der Waals surface area contributed by atoms with Crippen LogP contribution in [0.3, 0.4) is 0 Å². The third-order valence-electron chi connectivity index (χ3n) is 6.45. The van der Waals surface area contributed by atoms with Gasteiger partial charge in [-0.15, -0.1) is 0 Å². The zero-order valence-corrected chi connectivity index (χ0v) is 24.8. The number of amides is 2. The lowest BCUT2D eigenvalue weighted by atomic mass is 10.1. The number of carbonyl (C=O) groups excluding carboxylic acids is 2. The Balaban J connectivity index is 2.05. The molecule has 0 saturated heterocycles. The van der Waals surface area contributed by atoms with Crippen molar-refractivity contribution in [2.24, 2.45) is 0 Å². The lowest BCUT2D eigenvalue weighted by Gasteiger charge is -2.33. The number of hydrogen-bond acceptors (Lipinski definition) is 4. The molecule has 40 heavy (non-hydrogen) atoms. The van der Waals surface area contributed by atoms with E-state index in [4.69, 9.17) is 23.2 Å². The summed E-state index contributed by atoms with van der Waals surface area (Å²) in [5.74, 6) is -1.54. The van der Waals surface area contributed by atoms with Gasteiger partial charge in [0.25, 0.3) is 10.0 Å². The van der Waals surface area contributed by atoms with Crippen molar-refractivity contribution in [3.8, 4) is 0 Å². The van der Waals surface area contributed by atoms with Crippen molar-refractivity contribution in [1.29, 1.82) is 0 Å². The molecule has 0 fully saturated rings. The van der Waals surface area contributed by atoms with E-state index in [1.54, 1.807) is 55.5 Å². The second-order valence-electron chi connectivity index (χ2n) is 9.31. The van der Waals surface area contributed by atoms with Gasteiger partial charge in [-0.3, -0.25) is 13.9 Å². The molecular formula is C29H32Cl2FN3O4S. The SMILES string of the molecule is CC[C@@H](C)NC(=O)[C@@H](CC)N(Cc1ccc(Cl)c(Cl)c1)C(=O)CN(c1ccccc1)S(=O)(=O)c1ccc(F)cc1. The van der Waals surface area contributed by atoms with Crippen LogP contribution in [0, 0.1) is 5.82 Å². The van der Waals surface area contributed by atoms with Gasteiger partial charge < -0.3 is 10.2 Å². The van der Waals surface area contributed by atoms with Gasteiger partial charge in [0.2, 0.25) is 11.8 Å². The van der Waals surface area contributed by atoms with E-state index < -0.39 is 34.3 Å². The summed E-state index contributed by atoms with van der Waals surface area (Å²) in [5.41, 5.74) is 0.858. The zero-order chi connectivity index (χ0) is 29.4. The van der Waals surface area contributed by atoms with E-state index in [-0.39, 0.29) is 40.5 Å². The highest BCUT2D eigenvalue weighted by atomic mass is 35.5. The van der Waals surface area contributed by atoms with Crippen LogP contribution in [0.1, 0.15) is 39.2 Å². The van der Waals surface area contributed by atoms with Gasteiger partial charge in [-0.2, -0.15) is 0 Å². The van der Waals surface area contributed by atoms with E-state index in [2.05, 4.69) is 5.32 Å². The van der Waals surface area contributed by atoms with Crippen LogP contribution in [0.15, 0.2) is 77.7 Å². The number of nitrogens with zero attached hydrogens (tertiary/aromatic N) is 2. The minimum Gasteiger partial charge on any atom is -0.352 e. The summed E-state index contributed by atoms with van der Waals surface area (Å²) in [7, 11) is -4.28. The number of carbonyl (C=O) groups is 2. The smallest absolute Gasteiger partial charge is 0.264 e. The molecular weight excluding hydrogens is 576 g/mol. The lowest BCUT2D eigenvalue weighted by Crippen LogP contribution is -2.53. The topological polar surface area (TPSA) is 86.8 Å². The van der Waals surface area contributed by atoms with Crippen LogP contribution in [-0.4, -0.2) is 43.8 Å². The summed E-state index contributed by atoms with van der Waals surface area (Å²) in [6.07, 6.45) is 0.978. The summed E-state index contributed by atoms with van der Waals surface area (Å²) >= 11 is 12.3. The number of anilines is 1. The number of benzene rings is 3. The van der Waals surface area contributed by atoms with Crippen LogP contribution in [0.4, 0.5) is 10.1 Å². The van der Waals surface area contributed by atoms with E-state index in [0.717, 1.165) is 28.6 Å². The van der Waals surface area contributed by atoms with Crippen molar-refractivity contribution in [3.63, 3.8) is 0 Å². The zero-order valence-electron chi connectivity index (χ0n) is 22.5. The van der Waals surface area contributed by atoms with Crippen molar-refractivity contribution in [2.45, 2.75) is 57.1 Å². The third kappa shape index (κ3) is 7.74. The number of sulfonamides is 1. The van der Waals surface area contributed by atoms with E-state index in [1.807, 2.05) is 13.8 Å². The van der Waals surface area contributed by atoms with Gasteiger partial charge in [-0.1, -0.05) is 61.3 Å². The van der Waals surface area contributed by atoms with Gasteiger partial charge >= 0.3 is 0 Å². The maximum Gasteiger partial charge on any atom is 0.264 e. The van der Waals surface area contributed by atoms with Gasteiger partial charge in [0, 0.05) is 12.6 Å². The first-order chi connectivity index (χ1) is 19.0. The summed E-state index contributed by atoms with van der Waals surface area (Å²) in [6, 6.07) is 16.4. The van der Waals surface area contributed by atoms with E-state index in [9.17, 15) is 22.4 Å². The minimum absolute atomic E-state index is 0.0125. The molecule has 1 N–H and O–H groups in total. The predicted molar refractivity (Wildman–Crippen MR) is 156 cm³/mol. The number of halogens is 3. The quantitative estimate of drug-likeness (QED) is 0.271. The largest absolute Gasteiger partial charge is 0.352 e. The van der Waals surface area contributed by atoms with Crippen molar-refractivity contribution >= 4 is 50.7 Å². The minimum atomic E-state index is -4.28. The Kier molecular flexibility index (Phi) is 11.0. The van der Waals surface area contributed by atoms with Crippen LogP contribution < -0.4 is 9.62 Å². The molecule has 0 spiro atoms. The number of hydrogen-bond donors (Lipinski definition) is 1. The normalized spacial score (nSPS) is 12.8. The lowest BCUT2D eigenvalue weighted by molar-refractivity contribution is -0.140. The molecule has 3 rings (SSSR count). The van der Waals surface area contributed by atoms with Crippen LogP contribution in [0.2, 0.25) is 10.0 Å². The van der Waals surface area contributed by atoms with Gasteiger partial charge in [-0.05, 0) is 73.9 Å². The molecule has 7 nitrogen and oxygen atoms in total. The average Bonchev–Trinajstić information content (AvgIpc) is 2.93. The molecule has 0 radical (unpaired) electrons. The maximum atomic E-state index is 14.0. The van der Waals surface area contributed by atoms with Crippen LogP contribution in [-0.2, 0) is 26.2 Å². The highest BCUT2D eigenvalue weighted by molar-refractivity contribution is 7.92. The Hall–Kier alpha value is -3.14.